The molecular weight excluding hydrogens is 552 g/mol. The number of aromatic nitrogens is 4. The van der Waals surface area contributed by atoms with Crippen LogP contribution in [-0.4, -0.2) is 52.0 Å². The van der Waals surface area contributed by atoms with Crippen LogP contribution in [0, 0.1) is 6.92 Å². The molecule has 40 heavy (non-hydrogen) atoms. The summed E-state index contributed by atoms with van der Waals surface area (Å²) < 4.78 is 33.5. The van der Waals surface area contributed by atoms with E-state index in [-0.39, 0.29) is 5.91 Å². The standard InChI is InChI=1S/C28H43ClN6O4S/c1-8-9-10-11-12-13-14-22(39-21-17-15-20(16-18-21)34-40(7,37)38)25(36)30-28(5,6)27(3,4)26-32-31-24-23(29)19(2)33-35(24)26/h15-18,22,33-34H,8-14H2,1-7H3,(H,30,36). The summed E-state index contributed by atoms with van der Waals surface area (Å²) in [4.78, 5) is 13.7. The number of carbonyl (C=O) groups is 1. The predicted octanol–water partition coefficient (Wildman–Crippen LogP) is 5.76. The minimum atomic E-state index is -3.39. The van der Waals surface area contributed by atoms with Gasteiger partial charge in [-0.15, -0.1) is 10.2 Å². The first kappa shape index (κ1) is 31.7. The molecule has 12 heteroatoms. The van der Waals surface area contributed by atoms with E-state index in [9.17, 15) is 13.2 Å². The van der Waals surface area contributed by atoms with E-state index in [0.29, 0.717) is 34.4 Å². The molecule has 0 bridgehead atoms. The number of hydrogen-bond donors (Lipinski definition) is 3. The number of anilines is 1. The van der Waals surface area contributed by atoms with Gasteiger partial charge >= 0.3 is 0 Å². The Hall–Kier alpha value is -2.79. The second-order valence-electron chi connectivity index (χ2n) is 11.5. The average Bonchev–Trinajstić information content (AvgIpc) is 3.39. The van der Waals surface area contributed by atoms with E-state index in [2.05, 4.69) is 32.3 Å². The Kier molecular flexibility index (Phi) is 10.2. The molecule has 0 aliphatic carbocycles. The fourth-order valence-electron chi connectivity index (χ4n) is 4.48. The molecule has 0 fully saturated rings. The average molecular weight is 595 g/mol. The van der Waals surface area contributed by atoms with Crippen LogP contribution in [-0.2, 0) is 20.2 Å². The first-order valence-corrected chi connectivity index (χ1v) is 16.1. The number of aromatic amines is 1. The number of unbranched alkanes of at least 4 members (excludes halogenated alkanes) is 5. The molecule has 0 aliphatic rings. The van der Waals surface area contributed by atoms with Gasteiger partial charge in [0.15, 0.2) is 17.6 Å². The van der Waals surface area contributed by atoms with Crippen LogP contribution in [0.1, 0.15) is 91.1 Å². The van der Waals surface area contributed by atoms with E-state index in [1.807, 2.05) is 34.6 Å². The van der Waals surface area contributed by atoms with Crippen LogP contribution >= 0.6 is 11.6 Å². The van der Waals surface area contributed by atoms with Crippen molar-refractivity contribution in [3.8, 4) is 5.75 Å². The number of hydrogen-bond acceptors (Lipinski definition) is 6. The molecule has 1 unspecified atom stereocenters. The zero-order valence-corrected chi connectivity index (χ0v) is 26.2. The maximum absolute atomic E-state index is 13.7. The lowest BCUT2D eigenvalue weighted by Gasteiger charge is -2.41. The summed E-state index contributed by atoms with van der Waals surface area (Å²) in [5, 5.41) is 15.6. The zero-order valence-electron chi connectivity index (χ0n) is 24.6. The number of rotatable bonds is 15. The summed E-state index contributed by atoms with van der Waals surface area (Å²) in [5.41, 5.74) is 0.365. The van der Waals surface area contributed by atoms with Crippen LogP contribution in [0.5, 0.6) is 5.75 Å². The first-order valence-electron chi connectivity index (χ1n) is 13.8. The van der Waals surface area contributed by atoms with Crippen LogP contribution in [0.3, 0.4) is 0 Å². The summed E-state index contributed by atoms with van der Waals surface area (Å²) >= 11 is 6.38. The van der Waals surface area contributed by atoms with E-state index in [1.54, 1.807) is 28.8 Å². The van der Waals surface area contributed by atoms with Gasteiger partial charge in [-0.2, -0.15) is 0 Å². The predicted molar refractivity (Wildman–Crippen MR) is 160 cm³/mol. The molecule has 222 valence electrons. The van der Waals surface area contributed by atoms with Crippen LogP contribution in [0.15, 0.2) is 24.3 Å². The third-order valence-electron chi connectivity index (χ3n) is 7.57. The number of nitrogens with zero attached hydrogens (tertiary/aromatic N) is 3. The second kappa shape index (κ2) is 12.8. The number of aryl methyl sites for hydroxylation is 1. The maximum atomic E-state index is 13.7. The van der Waals surface area contributed by atoms with E-state index >= 15 is 0 Å². The van der Waals surface area contributed by atoms with Crippen molar-refractivity contribution in [2.45, 2.75) is 104 Å². The first-order chi connectivity index (χ1) is 18.7. The molecular formula is C28H43ClN6O4S. The molecule has 1 atom stereocenters. The Morgan fingerprint density at radius 1 is 1.07 bits per heavy atom. The maximum Gasteiger partial charge on any atom is 0.261 e. The number of halogens is 1. The van der Waals surface area contributed by atoms with Gasteiger partial charge in [-0.25, -0.2) is 12.9 Å². The monoisotopic (exact) mass is 594 g/mol. The number of nitrogens with one attached hydrogen (secondary N) is 3. The molecule has 10 nitrogen and oxygen atoms in total. The smallest absolute Gasteiger partial charge is 0.261 e. The Morgan fingerprint density at radius 3 is 2.33 bits per heavy atom. The van der Waals surface area contributed by atoms with Gasteiger partial charge in [0.05, 0.1) is 11.9 Å². The van der Waals surface area contributed by atoms with Crippen molar-refractivity contribution < 1.29 is 17.9 Å². The second-order valence-corrected chi connectivity index (χ2v) is 13.7. The summed E-state index contributed by atoms with van der Waals surface area (Å²) in [6.45, 7) is 12.0. The zero-order chi connectivity index (χ0) is 29.7. The Bertz CT molecular complexity index is 1400. The van der Waals surface area contributed by atoms with Crippen molar-refractivity contribution in [3.63, 3.8) is 0 Å². The highest BCUT2D eigenvalue weighted by molar-refractivity contribution is 7.92. The van der Waals surface area contributed by atoms with Gasteiger partial charge in [-0.1, -0.05) is 64.5 Å². The SMILES string of the molecule is CCCCCCCCC(Oc1ccc(NS(C)(=O)=O)cc1)C(=O)NC(C)(C)C(C)(C)c1nnc2c(Cl)c(C)[nH]n12. The quantitative estimate of drug-likeness (QED) is 0.192. The van der Waals surface area contributed by atoms with Gasteiger partial charge in [0.1, 0.15) is 10.8 Å². The van der Waals surface area contributed by atoms with Crippen LogP contribution < -0.4 is 14.8 Å². The molecule has 2 heterocycles. The fraction of sp³-hybridized carbons (Fsp3) is 0.607. The van der Waals surface area contributed by atoms with Crippen molar-refractivity contribution in [1.82, 2.24) is 25.1 Å². The van der Waals surface area contributed by atoms with Crippen LogP contribution in [0.25, 0.3) is 5.65 Å². The number of ether oxygens (including phenoxy) is 1. The molecule has 3 aromatic rings. The third kappa shape index (κ3) is 7.69. The lowest BCUT2D eigenvalue weighted by Crippen LogP contribution is -2.59. The molecule has 0 spiro atoms. The third-order valence-corrected chi connectivity index (χ3v) is 8.63. The van der Waals surface area contributed by atoms with Crippen molar-refractivity contribution in [2.75, 3.05) is 11.0 Å². The van der Waals surface area contributed by atoms with E-state index in [1.165, 1.54) is 19.3 Å². The largest absolute Gasteiger partial charge is 0.481 e. The highest BCUT2D eigenvalue weighted by atomic mass is 35.5. The molecule has 2 aromatic heterocycles. The summed E-state index contributed by atoms with van der Waals surface area (Å²) in [5.74, 6) is 0.898. The number of carbonyl (C=O) groups excluding carboxylic acids is 1. The van der Waals surface area contributed by atoms with Crippen LogP contribution in [0.4, 0.5) is 5.69 Å². The van der Waals surface area contributed by atoms with Crippen molar-refractivity contribution in [2.24, 2.45) is 0 Å². The number of benzene rings is 1. The van der Waals surface area contributed by atoms with Crippen molar-refractivity contribution >= 4 is 38.9 Å². The van der Waals surface area contributed by atoms with Gasteiger partial charge in [-0.05, 0) is 57.9 Å². The normalized spacial score (nSPS) is 13.4. The van der Waals surface area contributed by atoms with Gasteiger partial charge in [0, 0.05) is 16.6 Å². The summed E-state index contributed by atoms with van der Waals surface area (Å²) in [6, 6.07) is 6.55. The number of sulfonamides is 1. The number of fused-ring (bicyclic) bond motifs is 1. The molecule has 3 N–H and O–H groups in total. The Balaban J connectivity index is 1.78. The topological polar surface area (TPSA) is 130 Å². The van der Waals surface area contributed by atoms with E-state index < -0.39 is 27.1 Å². The lowest BCUT2D eigenvalue weighted by molar-refractivity contribution is -0.130. The molecule has 1 aromatic carbocycles. The number of H-pyrrole nitrogens is 1. The highest BCUT2D eigenvalue weighted by Crippen LogP contribution is 2.35. The number of amides is 1. The Morgan fingerprint density at radius 2 is 1.70 bits per heavy atom. The summed E-state index contributed by atoms with van der Waals surface area (Å²) in [6.07, 6.45) is 7.47. The Labute approximate surface area is 242 Å². The van der Waals surface area contributed by atoms with Crippen LogP contribution in [0.2, 0.25) is 5.02 Å². The molecule has 3 rings (SSSR count). The minimum absolute atomic E-state index is 0.230. The van der Waals surface area contributed by atoms with Gasteiger partial charge in [-0.3, -0.25) is 14.6 Å². The minimum Gasteiger partial charge on any atom is -0.481 e. The van der Waals surface area contributed by atoms with Crippen molar-refractivity contribution in [1.29, 1.82) is 0 Å². The molecule has 0 saturated heterocycles. The molecule has 0 saturated carbocycles. The van der Waals surface area contributed by atoms with Gasteiger partial charge < -0.3 is 10.1 Å². The van der Waals surface area contributed by atoms with Gasteiger partial charge in [0.2, 0.25) is 10.0 Å². The highest BCUT2D eigenvalue weighted by Gasteiger charge is 2.44. The van der Waals surface area contributed by atoms with Crippen molar-refractivity contribution in [3.05, 3.63) is 40.8 Å². The van der Waals surface area contributed by atoms with E-state index in [4.69, 9.17) is 16.3 Å². The molecule has 1 amide bonds. The fourth-order valence-corrected chi connectivity index (χ4v) is 5.21. The molecule has 0 aliphatic heterocycles. The molecule has 0 radical (unpaired) electrons. The summed E-state index contributed by atoms with van der Waals surface area (Å²) in [7, 11) is -3.39. The van der Waals surface area contributed by atoms with Gasteiger partial charge in [0.25, 0.3) is 5.91 Å². The lowest BCUT2D eigenvalue weighted by atomic mass is 9.73. The van der Waals surface area contributed by atoms with E-state index in [0.717, 1.165) is 31.2 Å².